The van der Waals surface area contributed by atoms with Crippen molar-refractivity contribution in [2.24, 2.45) is 0 Å². The topological polar surface area (TPSA) is 65.0 Å². The van der Waals surface area contributed by atoms with Gasteiger partial charge in [-0.25, -0.2) is 15.0 Å². The zero-order valence-corrected chi connectivity index (χ0v) is 25.6. The van der Waals surface area contributed by atoms with Gasteiger partial charge in [0, 0.05) is 43.8 Å². The molecule has 0 saturated heterocycles. The lowest BCUT2D eigenvalue weighted by Gasteiger charge is -2.09. The minimum atomic E-state index is 0.598. The van der Waals surface area contributed by atoms with E-state index in [1.807, 2.05) is 84.9 Å². The maximum atomic E-state index is 6.69. The van der Waals surface area contributed by atoms with E-state index in [2.05, 4.69) is 66.7 Å². The van der Waals surface area contributed by atoms with Gasteiger partial charge in [0.2, 0.25) is 0 Å². The Kier molecular flexibility index (Phi) is 5.81. The first kappa shape index (κ1) is 26.6. The monoisotopic (exact) mass is 615 g/mol. The number of hydrogen-bond donors (Lipinski definition) is 0. The van der Waals surface area contributed by atoms with Crippen LogP contribution in [-0.4, -0.2) is 15.0 Å². The van der Waals surface area contributed by atoms with Crippen LogP contribution in [0, 0.1) is 0 Å². The first-order valence-corrected chi connectivity index (χ1v) is 15.9. The standard InChI is InChI=1S/C43H25N3O2/c1-3-11-27(12-4-1)41-44-42(28-13-5-2-6-14-28)46-43(45-41)33-18-10-20-36-39(33)32-17-9-16-30(40(32)48-36)29-22-21-26-23-24-37-38(34(26)25-29)31-15-7-8-19-35(31)47-37/h1-25H. The molecule has 3 heterocycles. The van der Waals surface area contributed by atoms with Gasteiger partial charge in [-0.3, -0.25) is 0 Å². The van der Waals surface area contributed by atoms with Crippen molar-refractivity contribution < 1.29 is 8.83 Å². The van der Waals surface area contributed by atoms with Gasteiger partial charge >= 0.3 is 0 Å². The predicted octanol–water partition coefficient (Wildman–Crippen LogP) is 11.5. The molecule has 0 atom stereocenters. The van der Waals surface area contributed by atoms with Crippen LogP contribution in [0.1, 0.15) is 0 Å². The molecule has 5 nitrogen and oxygen atoms in total. The van der Waals surface area contributed by atoms with Crippen molar-refractivity contribution in [2.75, 3.05) is 0 Å². The first-order valence-electron chi connectivity index (χ1n) is 15.9. The van der Waals surface area contributed by atoms with E-state index in [4.69, 9.17) is 23.8 Å². The summed E-state index contributed by atoms with van der Waals surface area (Å²) in [5.41, 5.74) is 8.23. The average Bonchev–Trinajstić information content (AvgIpc) is 3.74. The summed E-state index contributed by atoms with van der Waals surface area (Å²) in [6, 6.07) is 51.5. The van der Waals surface area contributed by atoms with E-state index < -0.39 is 0 Å². The number of fused-ring (bicyclic) bond motifs is 8. The Bertz CT molecular complexity index is 2780. The van der Waals surface area contributed by atoms with E-state index in [-0.39, 0.29) is 0 Å². The van der Waals surface area contributed by atoms with Crippen LogP contribution >= 0.6 is 0 Å². The number of furan rings is 2. The van der Waals surface area contributed by atoms with Crippen molar-refractivity contribution in [3.63, 3.8) is 0 Å². The Labute approximate surface area is 274 Å². The van der Waals surface area contributed by atoms with Crippen molar-refractivity contribution in [2.45, 2.75) is 0 Å². The van der Waals surface area contributed by atoms with Gasteiger partial charge in [-0.05, 0) is 40.6 Å². The van der Waals surface area contributed by atoms with Crippen LogP contribution in [0.2, 0.25) is 0 Å². The largest absolute Gasteiger partial charge is 0.456 e. The molecule has 10 rings (SSSR count). The summed E-state index contributed by atoms with van der Waals surface area (Å²) in [6.07, 6.45) is 0. The summed E-state index contributed by atoms with van der Waals surface area (Å²) in [7, 11) is 0. The summed E-state index contributed by atoms with van der Waals surface area (Å²) in [5.74, 6) is 1.85. The van der Waals surface area contributed by atoms with Crippen LogP contribution in [0.15, 0.2) is 160 Å². The minimum Gasteiger partial charge on any atom is -0.456 e. The zero-order valence-electron chi connectivity index (χ0n) is 25.6. The molecule has 10 aromatic rings. The van der Waals surface area contributed by atoms with Gasteiger partial charge in [0.25, 0.3) is 0 Å². The Morgan fingerprint density at radius 2 is 0.958 bits per heavy atom. The molecule has 224 valence electrons. The molecule has 0 saturated carbocycles. The fourth-order valence-electron chi connectivity index (χ4n) is 6.90. The highest BCUT2D eigenvalue weighted by molar-refractivity contribution is 6.20. The Morgan fingerprint density at radius 1 is 0.354 bits per heavy atom. The van der Waals surface area contributed by atoms with Crippen molar-refractivity contribution in [1.29, 1.82) is 0 Å². The highest BCUT2D eigenvalue weighted by Gasteiger charge is 2.20. The molecule has 0 fully saturated rings. The second-order valence-corrected chi connectivity index (χ2v) is 12.0. The van der Waals surface area contributed by atoms with Crippen molar-refractivity contribution in [1.82, 2.24) is 15.0 Å². The molecule has 0 radical (unpaired) electrons. The normalized spacial score (nSPS) is 11.8. The smallest absolute Gasteiger partial charge is 0.164 e. The summed E-state index contributed by atoms with van der Waals surface area (Å²) in [5, 5.41) is 6.54. The molecule has 5 heteroatoms. The summed E-state index contributed by atoms with van der Waals surface area (Å²) >= 11 is 0. The minimum absolute atomic E-state index is 0.598. The maximum Gasteiger partial charge on any atom is 0.164 e. The lowest BCUT2D eigenvalue weighted by atomic mass is 9.96. The van der Waals surface area contributed by atoms with Crippen molar-refractivity contribution in [3.05, 3.63) is 152 Å². The van der Waals surface area contributed by atoms with Gasteiger partial charge < -0.3 is 8.83 Å². The number of nitrogens with zero attached hydrogens (tertiary/aromatic N) is 3. The Morgan fingerprint density at radius 3 is 1.75 bits per heavy atom. The molecule has 0 bridgehead atoms. The second-order valence-electron chi connectivity index (χ2n) is 12.0. The van der Waals surface area contributed by atoms with Crippen LogP contribution in [0.5, 0.6) is 0 Å². The molecule has 0 spiro atoms. The molecule has 0 unspecified atom stereocenters. The molecule has 48 heavy (non-hydrogen) atoms. The summed E-state index contributed by atoms with van der Waals surface area (Å²) in [6.45, 7) is 0. The lowest BCUT2D eigenvalue weighted by Crippen LogP contribution is -2.00. The number of para-hydroxylation sites is 2. The third-order valence-electron chi connectivity index (χ3n) is 9.13. The third-order valence-corrected chi connectivity index (χ3v) is 9.13. The van der Waals surface area contributed by atoms with Crippen LogP contribution in [-0.2, 0) is 0 Å². The molecule has 7 aromatic carbocycles. The van der Waals surface area contributed by atoms with E-state index in [1.54, 1.807) is 0 Å². The number of rotatable bonds is 4. The summed E-state index contributed by atoms with van der Waals surface area (Å²) < 4.78 is 12.9. The van der Waals surface area contributed by atoms with Crippen LogP contribution in [0.25, 0.3) is 99.9 Å². The number of hydrogen-bond acceptors (Lipinski definition) is 5. The molecule has 3 aromatic heterocycles. The van der Waals surface area contributed by atoms with Gasteiger partial charge in [-0.15, -0.1) is 0 Å². The maximum absolute atomic E-state index is 6.69. The number of benzene rings is 7. The average molecular weight is 616 g/mol. The fourth-order valence-corrected chi connectivity index (χ4v) is 6.90. The van der Waals surface area contributed by atoms with Crippen molar-refractivity contribution >= 4 is 54.6 Å². The highest BCUT2D eigenvalue weighted by atomic mass is 16.3. The van der Waals surface area contributed by atoms with E-state index in [0.29, 0.717) is 17.5 Å². The molecule has 0 aliphatic rings. The SMILES string of the molecule is c1ccc(-c2nc(-c3ccccc3)nc(-c3cccc4oc5c(-c6ccc7ccc8oc9ccccc9c8c7c6)cccc5c34)n2)cc1. The van der Waals surface area contributed by atoms with Crippen LogP contribution < -0.4 is 0 Å². The predicted molar refractivity (Wildman–Crippen MR) is 194 cm³/mol. The molecule has 0 aliphatic carbocycles. The summed E-state index contributed by atoms with van der Waals surface area (Å²) in [4.78, 5) is 14.9. The van der Waals surface area contributed by atoms with Crippen LogP contribution in [0.4, 0.5) is 0 Å². The van der Waals surface area contributed by atoms with Crippen LogP contribution in [0.3, 0.4) is 0 Å². The Balaban J connectivity index is 1.19. The molecule has 0 amide bonds. The quantitative estimate of drug-likeness (QED) is 0.197. The fraction of sp³-hybridized carbons (Fsp3) is 0. The second kappa shape index (κ2) is 10.5. The Hall–Kier alpha value is -6.59. The van der Waals surface area contributed by atoms with E-state index in [1.165, 1.54) is 0 Å². The molecule has 0 N–H and O–H groups in total. The first-order chi connectivity index (χ1) is 23.8. The van der Waals surface area contributed by atoms with Gasteiger partial charge in [-0.1, -0.05) is 127 Å². The van der Waals surface area contributed by atoms with Crippen molar-refractivity contribution in [3.8, 4) is 45.3 Å². The molecular formula is C43H25N3O2. The highest BCUT2D eigenvalue weighted by Crippen LogP contribution is 2.42. The van der Waals surface area contributed by atoms with Gasteiger partial charge in [0.15, 0.2) is 17.5 Å². The molecular weight excluding hydrogens is 590 g/mol. The van der Waals surface area contributed by atoms with E-state index >= 15 is 0 Å². The van der Waals surface area contributed by atoms with Gasteiger partial charge in [-0.2, -0.15) is 0 Å². The zero-order chi connectivity index (χ0) is 31.6. The lowest BCUT2D eigenvalue weighted by molar-refractivity contribution is 0.669. The number of aromatic nitrogens is 3. The van der Waals surface area contributed by atoms with Gasteiger partial charge in [0.05, 0.1) is 0 Å². The third kappa shape index (κ3) is 4.15. The van der Waals surface area contributed by atoms with Gasteiger partial charge in [0.1, 0.15) is 22.3 Å². The van der Waals surface area contributed by atoms with E-state index in [9.17, 15) is 0 Å². The van der Waals surface area contributed by atoms with E-state index in [0.717, 1.165) is 82.5 Å². The molecule has 0 aliphatic heterocycles.